The predicted molar refractivity (Wildman–Crippen MR) is 125 cm³/mol. The van der Waals surface area contributed by atoms with Crippen molar-refractivity contribution in [1.29, 1.82) is 0 Å². The Morgan fingerprint density at radius 1 is 0.483 bits per heavy atom. The van der Waals surface area contributed by atoms with Crippen LogP contribution in [0, 0.1) is 0 Å². The molecule has 0 aromatic heterocycles. The first-order valence-corrected chi connectivity index (χ1v) is 11.6. The highest BCUT2D eigenvalue weighted by Gasteiger charge is 2.43. The second kappa shape index (κ2) is 10.3. The predicted octanol–water partition coefficient (Wildman–Crippen LogP) is 2.70. The standard InChI is InChI=1S/C27H24P.BrH/c1-5-14-24(15-6-1)16-13-23-28(25-17-7-2-8-18-25,26-19-9-3-10-20-26)27-21-11-4-12-22-27;/h1-22H,23H2;1H/q+1;/p-1. The molecule has 29 heavy (non-hydrogen) atoms. The highest BCUT2D eigenvalue weighted by molar-refractivity contribution is 7.95. The second-order valence-corrected chi connectivity index (χ2v) is 10.3. The Kier molecular flexibility index (Phi) is 7.58. The number of halogens is 1. The van der Waals surface area contributed by atoms with E-state index in [1.807, 2.05) is 0 Å². The summed E-state index contributed by atoms with van der Waals surface area (Å²) in [7, 11) is -1.78. The first kappa shape index (κ1) is 21.2. The Morgan fingerprint density at radius 2 is 0.828 bits per heavy atom. The third-order valence-corrected chi connectivity index (χ3v) is 9.38. The molecule has 0 heterocycles. The number of benzene rings is 4. The molecule has 0 amide bonds. The minimum Gasteiger partial charge on any atom is -1.00 e. The van der Waals surface area contributed by atoms with Crippen LogP contribution in [0.25, 0.3) is 6.08 Å². The summed E-state index contributed by atoms with van der Waals surface area (Å²) in [5.74, 6) is 0. The summed E-state index contributed by atoms with van der Waals surface area (Å²) in [6.45, 7) is 0. The average Bonchev–Trinajstić information content (AvgIpc) is 2.79. The van der Waals surface area contributed by atoms with Crippen LogP contribution < -0.4 is 32.9 Å². The lowest BCUT2D eigenvalue weighted by molar-refractivity contribution is -0.00000533. The first-order valence-electron chi connectivity index (χ1n) is 9.66. The Hall–Kier alpha value is -2.47. The van der Waals surface area contributed by atoms with Crippen LogP contribution in [0.5, 0.6) is 0 Å². The molecule has 4 aromatic rings. The molecule has 0 fully saturated rings. The molecular formula is C27H24BrP. The SMILES string of the molecule is C(=Cc1ccccc1)C[P+](c1ccccc1)(c1ccccc1)c1ccccc1.[Br-]. The molecule has 4 rings (SSSR count). The van der Waals surface area contributed by atoms with E-state index in [9.17, 15) is 0 Å². The quantitative estimate of drug-likeness (QED) is 0.389. The fraction of sp³-hybridized carbons (Fsp3) is 0.0370. The van der Waals surface area contributed by atoms with Gasteiger partial charge < -0.3 is 17.0 Å². The van der Waals surface area contributed by atoms with Crippen LogP contribution >= 0.6 is 7.26 Å². The van der Waals surface area contributed by atoms with Crippen molar-refractivity contribution in [2.45, 2.75) is 0 Å². The minimum atomic E-state index is -1.78. The topological polar surface area (TPSA) is 0 Å². The van der Waals surface area contributed by atoms with Crippen LogP contribution in [0.4, 0.5) is 0 Å². The van der Waals surface area contributed by atoms with Crippen molar-refractivity contribution in [3.8, 4) is 0 Å². The zero-order valence-corrected chi connectivity index (χ0v) is 18.7. The van der Waals surface area contributed by atoms with Crippen molar-refractivity contribution in [1.82, 2.24) is 0 Å². The molecule has 0 N–H and O–H groups in total. The van der Waals surface area contributed by atoms with Gasteiger partial charge in [0.15, 0.2) is 0 Å². The minimum absolute atomic E-state index is 0. The molecule has 0 aliphatic rings. The van der Waals surface area contributed by atoms with Crippen molar-refractivity contribution in [2.75, 3.05) is 6.16 Å². The number of hydrogen-bond donors (Lipinski definition) is 0. The molecule has 0 unspecified atom stereocenters. The molecule has 144 valence electrons. The van der Waals surface area contributed by atoms with Gasteiger partial charge in [0.25, 0.3) is 0 Å². The van der Waals surface area contributed by atoms with Crippen LogP contribution in [0.1, 0.15) is 5.56 Å². The van der Waals surface area contributed by atoms with E-state index in [0.717, 1.165) is 6.16 Å². The summed E-state index contributed by atoms with van der Waals surface area (Å²) in [5, 5.41) is 4.26. The molecule has 0 saturated carbocycles. The summed E-state index contributed by atoms with van der Waals surface area (Å²) in [5.41, 5.74) is 1.25. The van der Waals surface area contributed by atoms with E-state index >= 15 is 0 Å². The Bertz CT molecular complexity index is 916. The average molecular weight is 459 g/mol. The van der Waals surface area contributed by atoms with E-state index in [-0.39, 0.29) is 17.0 Å². The Balaban J connectivity index is 0.00000240. The molecule has 0 radical (unpaired) electrons. The number of hydrogen-bond acceptors (Lipinski definition) is 0. The van der Waals surface area contributed by atoms with Crippen molar-refractivity contribution in [3.63, 3.8) is 0 Å². The van der Waals surface area contributed by atoms with Gasteiger partial charge in [0.1, 0.15) is 23.2 Å². The normalized spacial score (nSPS) is 11.2. The highest BCUT2D eigenvalue weighted by Crippen LogP contribution is 2.55. The van der Waals surface area contributed by atoms with Crippen molar-refractivity contribution >= 4 is 29.3 Å². The van der Waals surface area contributed by atoms with Crippen LogP contribution in [0.3, 0.4) is 0 Å². The summed E-state index contributed by atoms with van der Waals surface area (Å²) in [6, 6.07) is 43.6. The summed E-state index contributed by atoms with van der Waals surface area (Å²) in [6.07, 6.45) is 5.61. The summed E-state index contributed by atoms with van der Waals surface area (Å²) >= 11 is 0. The molecule has 0 bridgehead atoms. The maximum Gasteiger partial charge on any atom is 0.115 e. The van der Waals surface area contributed by atoms with Crippen molar-refractivity contribution in [2.24, 2.45) is 0 Å². The van der Waals surface area contributed by atoms with Crippen molar-refractivity contribution in [3.05, 3.63) is 133 Å². The third-order valence-electron chi connectivity index (χ3n) is 5.08. The van der Waals surface area contributed by atoms with Gasteiger partial charge in [0.2, 0.25) is 0 Å². The first-order chi connectivity index (χ1) is 13.9. The van der Waals surface area contributed by atoms with Crippen LogP contribution in [0.2, 0.25) is 0 Å². The Morgan fingerprint density at radius 3 is 1.21 bits per heavy atom. The van der Waals surface area contributed by atoms with E-state index in [2.05, 4.69) is 133 Å². The third kappa shape index (κ3) is 4.75. The van der Waals surface area contributed by atoms with Gasteiger partial charge in [-0.2, -0.15) is 0 Å². The van der Waals surface area contributed by atoms with Crippen molar-refractivity contribution < 1.29 is 17.0 Å². The largest absolute Gasteiger partial charge is 1.00 e. The van der Waals surface area contributed by atoms with Gasteiger partial charge in [-0.3, -0.25) is 0 Å². The molecule has 4 aromatic carbocycles. The van der Waals surface area contributed by atoms with Gasteiger partial charge in [-0.05, 0) is 48.0 Å². The molecule has 0 spiro atoms. The van der Waals surface area contributed by atoms with E-state index in [1.54, 1.807) is 0 Å². The fourth-order valence-corrected chi connectivity index (χ4v) is 7.71. The van der Waals surface area contributed by atoms with E-state index in [1.165, 1.54) is 21.5 Å². The monoisotopic (exact) mass is 458 g/mol. The molecule has 2 heteroatoms. The summed E-state index contributed by atoms with van der Waals surface area (Å²) in [4.78, 5) is 0. The van der Waals surface area contributed by atoms with Gasteiger partial charge >= 0.3 is 0 Å². The van der Waals surface area contributed by atoms with Crippen LogP contribution in [-0.2, 0) is 0 Å². The number of rotatable bonds is 6. The second-order valence-electron chi connectivity index (χ2n) is 6.81. The van der Waals surface area contributed by atoms with E-state index < -0.39 is 7.26 Å². The van der Waals surface area contributed by atoms with Crippen LogP contribution in [-0.4, -0.2) is 6.16 Å². The molecule has 0 nitrogen and oxygen atoms in total. The lowest BCUT2D eigenvalue weighted by Gasteiger charge is -2.26. The van der Waals surface area contributed by atoms with E-state index in [4.69, 9.17) is 0 Å². The smallest absolute Gasteiger partial charge is 0.115 e. The number of allylic oxidation sites excluding steroid dienone is 1. The molecule has 0 aliphatic heterocycles. The van der Waals surface area contributed by atoms with E-state index in [0.29, 0.717) is 0 Å². The lowest BCUT2D eigenvalue weighted by atomic mass is 10.2. The van der Waals surface area contributed by atoms with Gasteiger partial charge in [0.05, 0.1) is 6.16 Å². The van der Waals surface area contributed by atoms with Gasteiger partial charge in [-0.15, -0.1) is 0 Å². The maximum absolute atomic E-state index is 2.36. The zero-order chi connectivity index (χ0) is 19.1. The maximum atomic E-state index is 2.36. The summed E-state index contributed by atoms with van der Waals surface area (Å²) < 4.78 is 0. The molecular weight excluding hydrogens is 435 g/mol. The highest BCUT2D eigenvalue weighted by atomic mass is 79.9. The lowest BCUT2D eigenvalue weighted by Crippen LogP contribution is -3.00. The molecule has 0 aliphatic carbocycles. The van der Waals surface area contributed by atoms with Crippen LogP contribution in [0.15, 0.2) is 127 Å². The molecule has 0 saturated heterocycles. The van der Waals surface area contributed by atoms with Gasteiger partial charge in [-0.1, -0.05) is 91.0 Å². The molecule has 0 atom stereocenters. The Labute approximate surface area is 185 Å². The van der Waals surface area contributed by atoms with Gasteiger partial charge in [-0.25, -0.2) is 0 Å². The zero-order valence-electron chi connectivity index (χ0n) is 16.2. The fourth-order valence-electron chi connectivity index (χ4n) is 3.72. The van der Waals surface area contributed by atoms with Gasteiger partial charge in [0, 0.05) is 0 Å².